The van der Waals surface area contributed by atoms with Crippen LogP contribution in [0.4, 0.5) is 5.69 Å². The Kier molecular flexibility index (Phi) is 5.11. The van der Waals surface area contributed by atoms with E-state index in [1.54, 1.807) is 19.2 Å². The number of benzene rings is 2. The van der Waals surface area contributed by atoms with Crippen LogP contribution in [-0.2, 0) is 6.54 Å². The number of nitrogens with one attached hydrogen (secondary N) is 1. The number of anilines is 1. The summed E-state index contributed by atoms with van der Waals surface area (Å²) in [6.45, 7) is 0.495. The van der Waals surface area contributed by atoms with Crippen LogP contribution < -0.4 is 15.4 Å². The van der Waals surface area contributed by atoms with Gasteiger partial charge in [0.15, 0.2) is 8.38 Å². The largest absolute Gasteiger partial charge is 0.497 e. The molecule has 0 radical (unpaired) electrons. The van der Waals surface area contributed by atoms with Gasteiger partial charge in [-0.05, 0) is 29.8 Å². The third kappa shape index (κ3) is 3.70. The van der Waals surface area contributed by atoms with Crippen LogP contribution >= 0.6 is 8.38 Å². The highest BCUT2D eigenvalue weighted by molar-refractivity contribution is 7.54. The second kappa shape index (κ2) is 7.45. The third-order valence-electron chi connectivity index (χ3n) is 3.83. The van der Waals surface area contributed by atoms with Gasteiger partial charge in [-0.25, -0.2) is 0 Å². The molecule has 0 unspecified atom stereocenters. The van der Waals surface area contributed by atoms with Crippen LogP contribution in [0.15, 0.2) is 48.7 Å². The van der Waals surface area contributed by atoms with Gasteiger partial charge in [0.25, 0.3) is 0 Å². The fraction of sp³-hybridized carbons (Fsp3) is 0.111. The van der Waals surface area contributed by atoms with Crippen molar-refractivity contribution in [1.82, 2.24) is 4.98 Å². The average Bonchev–Trinajstić information content (AvgIpc) is 2.65. The van der Waals surface area contributed by atoms with Gasteiger partial charge in [0.2, 0.25) is 0 Å². The van der Waals surface area contributed by atoms with E-state index in [1.165, 1.54) is 6.20 Å². The molecule has 0 saturated heterocycles. The molecule has 126 valence electrons. The van der Waals surface area contributed by atoms with E-state index in [4.69, 9.17) is 4.74 Å². The van der Waals surface area contributed by atoms with Crippen LogP contribution in [0, 0.1) is 11.3 Å². The van der Waals surface area contributed by atoms with Crippen molar-refractivity contribution in [3.05, 3.63) is 59.8 Å². The van der Waals surface area contributed by atoms with Crippen molar-refractivity contribution in [1.29, 1.82) is 5.26 Å². The van der Waals surface area contributed by atoms with Gasteiger partial charge in [-0.1, -0.05) is 12.1 Å². The van der Waals surface area contributed by atoms with E-state index >= 15 is 0 Å². The Hall–Kier alpha value is -2.71. The molecule has 2 aromatic carbocycles. The van der Waals surface area contributed by atoms with Gasteiger partial charge in [0.05, 0.1) is 23.9 Å². The van der Waals surface area contributed by atoms with Gasteiger partial charge in [0.1, 0.15) is 11.8 Å². The van der Waals surface area contributed by atoms with Crippen molar-refractivity contribution >= 4 is 30.3 Å². The van der Waals surface area contributed by atoms with Crippen molar-refractivity contribution < 1.29 is 14.5 Å². The van der Waals surface area contributed by atoms with Gasteiger partial charge >= 0.3 is 0 Å². The number of rotatable bonds is 5. The number of nitriles is 1. The van der Waals surface area contributed by atoms with Crippen LogP contribution in [0.25, 0.3) is 10.9 Å². The zero-order valence-electron chi connectivity index (χ0n) is 13.5. The molecule has 0 bridgehead atoms. The maximum absolute atomic E-state index is 9.37. The number of nitrogens with zero attached hydrogens (tertiary/aromatic N) is 2. The van der Waals surface area contributed by atoms with E-state index in [9.17, 15) is 15.0 Å². The van der Waals surface area contributed by atoms with Gasteiger partial charge in [-0.2, -0.15) is 5.26 Å². The van der Waals surface area contributed by atoms with Gasteiger partial charge < -0.3 is 19.8 Å². The number of hydrogen-bond acceptors (Lipinski definition) is 6. The summed E-state index contributed by atoms with van der Waals surface area (Å²) in [5, 5.41) is 14.0. The van der Waals surface area contributed by atoms with E-state index in [2.05, 4.69) is 16.4 Å². The van der Waals surface area contributed by atoms with Crippen molar-refractivity contribution in [3.63, 3.8) is 0 Å². The maximum Gasteiger partial charge on any atom is 0.199 e. The number of aromatic nitrogens is 1. The van der Waals surface area contributed by atoms with Gasteiger partial charge in [-0.15, -0.1) is 0 Å². The van der Waals surface area contributed by atoms with Gasteiger partial charge in [-0.3, -0.25) is 4.98 Å². The molecular formula is C18H16N3O3P. The van der Waals surface area contributed by atoms with E-state index in [1.807, 2.05) is 30.3 Å². The zero-order valence-corrected chi connectivity index (χ0v) is 14.4. The molecule has 0 aliphatic rings. The summed E-state index contributed by atoms with van der Waals surface area (Å²) in [4.78, 5) is 22.7. The minimum absolute atomic E-state index is 0.462. The second-order valence-corrected chi connectivity index (χ2v) is 6.45. The van der Waals surface area contributed by atoms with Crippen LogP contribution in [0.5, 0.6) is 5.75 Å². The second-order valence-electron chi connectivity index (χ2n) is 5.35. The van der Waals surface area contributed by atoms with E-state index in [0.29, 0.717) is 28.8 Å². The molecule has 0 fully saturated rings. The predicted molar refractivity (Wildman–Crippen MR) is 97.8 cm³/mol. The van der Waals surface area contributed by atoms with E-state index < -0.39 is 8.38 Å². The molecule has 3 rings (SSSR count). The number of fused-ring (bicyclic) bond motifs is 1. The molecule has 25 heavy (non-hydrogen) atoms. The number of hydrogen-bond donors (Lipinski definition) is 3. The summed E-state index contributed by atoms with van der Waals surface area (Å²) < 4.78 is 5.21. The number of ether oxygens (including phenoxy) is 1. The highest BCUT2D eigenvalue weighted by atomic mass is 31.2. The molecule has 1 aromatic heterocycles. The molecule has 7 heteroatoms. The number of pyridine rings is 1. The monoisotopic (exact) mass is 353 g/mol. The minimum Gasteiger partial charge on any atom is -0.497 e. The summed E-state index contributed by atoms with van der Waals surface area (Å²) in [5.74, 6) is 0.704. The normalized spacial score (nSPS) is 10.7. The smallest absolute Gasteiger partial charge is 0.199 e. The minimum atomic E-state index is -2.08. The van der Waals surface area contributed by atoms with Crippen molar-refractivity contribution in [2.24, 2.45) is 0 Å². The summed E-state index contributed by atoms with van der Waals surface area (Å²) >= 11 is 0. The quantitative estimate of drug-likeness (QED) is 0.610. The third-order valence-corrected chi connectivity index (χ3v) is 4.59. The molecule has 0 aliphatic carbocycles. The summed E-state index contributed by atoms with van der Waals surface area (Å²) in [6, 6.07) is 14.7. The van der Waals surface area contributed by atoms with E-state index in [0.717, 1.165) is 16.5 Å². The summed E-state index contributed by atoms with van der Waals surface area (Å²) in [7, 11) is -0.485. The van der Waals surface area contributed by atoms with Crippen LogP contribution in [0.1, 0.15) is 11.1 Å². The standard InChI is InChI=1S/C18H16N3O3P/c1-24-14-4-7-16-17(8-14)20-11-13(9-19)18(16)21-10-12-2-5-15(6-3-12)25(22)23/h2-8,11,22-23H,10H2,1H3,(H,20,21). The predicted octanol–water partition coefficient (Wildman–Crippen LogP) is 2.65. The SMILES string of the molecule is COc1ccc2c(NCc3ccc(P(O)O)cc3)c(C#N)cnc2c1. The molecule has 0 amide bonds. The first-order chi connectivity index (χ1) is 12.1. The van der Waals surface area contributed by atoms with Gasteiger partial charge in [0, 0.05) is 29.5 Å². The zero-order chi connectivity index (χ0) is 17.8. The first kappa shape index (κ1) is 17.1. The lowest BCUT2D eigenvalue weighted by molar-refractivity contribution is 0.415. The Labute approximate surface area is 146 Å². The first-order valence-corrected chi connectivity index (χ1v) is 8.74. The Morgan fingerprint density at radius 1 is 1.20 bits per heavy atom. The van der Waals surface area contributed by atoms with Crippen LogP contribution in [-0.4, -0.2) is 21.9 Å². The Bertz CT molecular complexity index is 937. The molecule has 0 aliphatic heterocycles. The molecule has 3 aromatic rings. The fourth-order valence-electron chi connectivity index (χ4n) is 2.51. The topological polar surface area (TPSA) is 98.4 Å². The maximum atomic E-state index is 9.37. The Balaban J connectivity index is 1.90. The van der Waals surface area contributed by atoms with Crippen molar-refractivity contribution in [2.75, 3.05) is 12.4 Å². The Morgan fingerprint density at radius 2 is 1.96 bits per heavy atom. The highest BCUT2D eigenvalue weighted by Gasteiger charge is 2.10. The van der Waals surface area contributed by atoms with E-state index in [-0.39, 0.29) is 0 Å². The average molecular weight is 353 g/mol. The molecular weight excluding hydrogens is 337 g/mol. The molecule has 0 atom stereocenters. The lowest BCUT2D eigenvalue weighted by Gasteiger charge is -2.12. The lowest BCUT2D eigenvalue weighted by atomic mass is 10.1. The van der Waals surface area contributed by atoms with Crippen molar-refractivity contribution in [3.8, 4) is 11.8 Å². The molecule has 0 saturated carbocycles. The number of methoxy groups -OCH3 is 1. The Morgan fingerprint density at radius 3 is 2.60 bits per heavy atom. The summed E-state index contributed by atoms with van der Waals surface area (Å²) in [5.41, 5.74) is 2.87. The lowest BCUT2D eigenvalue weighted by Crippen LogP contribution is -2.05. The molecule has 3 N–H and O–H groups in total. The fourth-order valence-corrected chi connectivity index (χ4v) is 2.93. The van der Waals surface area contributed by atoms with Crippen LogP contribution in [0.2, 0.25) is 0 Å². The first-order valence-electron chi connectivity index (χ1n) is 7.50. The van der Waals surface area contributed by atoms with Crippen molar-refractivity contribution in [2.45, 2.75) is 6.54 Å². The highest BCUT2D eigenvalue weighted by Crippen LogP contribution is 2.29. The molecule has 6 nitrogen and oxygen atoms in total. The van der Waals surface area contributed by atoms with Crippen LogP contribution in [0.3, 0.4) is 0 Å². The summed E-state index contributed by atoms with van der Waals surface area (Å²) in [6.07, 6.45) is 1.54. The molecule has 1 heterocycles. The molecule has 0 spiro atoms.